The summed E-state index contributed by atoms with van der Waals surface area (Å²) in [7, 11) is 0. The molecule has 3 aliphatic rings. The molecule has 3 saturated carbocycles. The third-order valence-electron chi connectivity index (χ3n) is 8.68. The van der Waals surface area contributed by atoms with E-state index in [-0.39, 0.29) is 22.9 Å². The van der Waals surface area contributed by atoms with Crippen molar-refractivity contribution in [3.05, 3.63) is 0 Å². The van der Waals surface area contributed by atoms with Gasteiger partial charge in [0.1, 0.15) is 12.4 Å². The van der Waals surface area contributed by atoms with Crippen LogP contribution in [0.25, 0.3) is 0 Å². The van der Waals surface area contributed by atoms with Gasteiger partial charge in [0.25, 0.3) is 0 Å². The summed E-state index contributed by atoms with van der Waals surface area (Å²) in [4.78, 5) is 18.9. The van der Waals surface area contributed by atoms with E-state index in [9.17, 15) is 9.90 Å². The number of carbonyl (C=O) groups excluding carboxylic acids is 1. The van der Waals surface area contributed by atoms with Crippen molar-refractivity contribution in [1.29, 1.82) is 0 Å². The summed E-state index contributed by atoms with van der Waals surface area (Å²) in [6, 6.07) is 0. The van der Waals surface area contributed by atoms with Crippen LogP contribution in [-0.4, -0.2) is 36.4 Å². The standard InChI is InChI=1S/C23H40N2O3/c1-4-16(9-13-25-28-14-12-24)23(3)11-8-20-19(21(23)27)6-5-17-15-18(26)7-10-22(17,20)2/h13,16-20,26H,4-12,14-15,24H2,1-3H3/b25-13+/t16-,17+,18-,19+,20-,22-,23+/m0/s1. The van der Waals surface area contributed by atoms with Gasteiger partial charge in [-0.25, -0.2) is 0 Å². The van der Waals surface area contributed by atoms with Gasteiger partial charge in [0.15, 0.2) is 0 Å². The number of aliphatic hydroxyl groups excluding tert-OH is 1. The highest BCUT2D eigenvalue weighted by molar-refractivity contribution is 5.88. The van der Waals surface area contributed by atoms with E-state index in [1.807, 2.05) is 6.21 Å². The van der Waals surface area contributed by atoms with Gasteiger partial charge in [0.05, 0.1) is 6.10 Å². The highest BCUT2D eigenvalue weighted by atomic mass is 16.6. The second kappa shape index (κ2) is 8.83. The zero-order valence-electron chi connectivity index (χ0n) is 18.0. The van der Waals surface area contributed by atoms with Gasteiger partial charge in [-0.05, 0) is 74.5 Å². The Labute approximate surface area is 170 Å². The first-order valence-corrected chi connectivity index (χ1v) is 11.4. The minimum atomic E-state index is -0.257. The summed E-state index contributed by atoms with van der Waals surface area (Å²) in [5, 5.41) is 14.2. The molecule has 0 amide bonds. The number of oxime groups is 1. The fourth-order valence-corrected chi connectivity index (χ4v) is 6.83. The predicted molar refractivity (Wildman–Crippen MR) is 112 cm³/mol. The first-order valence-electron chi connectivity index (χ1n) is 11.4. The maximum Gasteiger partial charge on any atom is 0.142 e. The molecule has 5 nitrogen and oxygen atoms in total. The molecular weight excluding hydrogens is 352 g/mol. The van der Waals surface area contributed by atoms with E-state index < -0.39 is 0 Å². The van der Waals surface area contributed by atoms with Crippen LogP contribution in [-0.2, 0) is 9.63 Å². The lowest BCUT2D eigenvalue weighted by Gasteiger charge is -2.58. The summed E-state index contributed by atoms with van der Waals surface area (Å²) in [5.74, 6) is 2.10. The number of carbonyl (C=O) groups is 1. The maximum absolute atomic E-state index is 13.8. The third kappa shape index (κ3) is 3.89. The molecule has 5 heteroatoms. The summed E-state index contributed by atoms with van der Waals surface area (Å²) in [5.41, 5.74) is 5.40. The van der Waals surface area contributed by atoms with Gasteiger partial charge in [-0.3, -0.25) is 4.79 Å². The number of Topliss-reactive ketones (excluding diaryl/α,β-unsaturated/α-hetero) is 1. The van der Waals surface area contributed by atoms with Crippen molar-refractivity contribution in [1.82, 2.24) is 0 Å². The average Bonchev–Trinajstić information content (AvgIpc) is 2.68. The zero-order valence-corrected chi connectivity index (χ0v) is 18.0. The molecule has 3 aliphatic carbocycles. The van der Waals surface area contributed by atoms with Gasteiger partial charge in [-0.1, -0.05) is 32.3 Å². The maximum atomic E-state index is 13.8. The number of hydrogen-bond donors (Lipinski definition) is 2. The van der Waals surface area contributed by atoms with Crippen LogP contribution < -0.4 is 5.73 Å². The quantitative estimate of drug-likeness (QED) is 0.391. The van der Waals surface area contributed by atoms with E-state index in [0.29, 0.717) is 36.7 Å². The van der Waals surface area contributed by atoms with Crippen molar-refractivity contribution in [2.75, 3.05) is 13.2 Å². The molecule has 7 atom stereocenters. The molecule has 3 rings (SSSR count). The molecular formula is C23H40N2O3. The Hall–Kier alpha value is -0.940. The fraction of sp³-hybridized carbons (Fsp3) is 0.913. The van der Waals surface area contributed by atoms with Crippen LogP contribution in [0.4, 0.5) is 0 Å². The Balaban J connectivity index is 1.72. The van der Waals surface area contributed by atoms with Crippen LogP contribution in [0.1, 0.15) is 78.6 Å². The molecule has 0 heterocycles. The summed E-state index contributed by atoms with van der Waals surface area (Å²) < 4.78 is 0. The van der Waals surface area contributed by atoms with Crippen LogP contribution in [0.2, 0.25) is 0 Å². The molecule has 3 fully saturated rings. The molecule has 0 bridgehead atoms. The van der Waals surface area contributed by atoms with Gasteiger partial charge in [-0.2, -0.15) is 0 Å². The normalized spacial score (nSPS) is 42.1. The Morgan fingerprint density at radius 1 is 1.29 bits per heavy atom. The largest absolute Gasteiger partial charge is 0.395 e. The average molecular weight is 393 g/mol. The molecule has 28 heavy (non-hydrogen) atoms. The van der Waals surface area contributed by atoms with E-state index >= 15 is 0 Å². The smallest absolute Gasteiger partial charge is 0.142 e. The molecule has 160 valence electrons. The van der Waals surface area contributed by atoms with Gasteiger partial charge in [0.2, 0.25) is 0 Å². The first kappa shape index (κ1) is 21.8. The number of ketones is 1. The molecule has 0 aromatic carbocycles. The monoisotopic (exact) mass is 392 g/mol. The molecule has 0 radical (unpaired) electrons. The summed E-state index contributed by atoms with van der Waals surface area (Å²) in [6.07, 6.45) is 10.6. The number of nitrogens with two attached hydrogens (primary N) is 1. The van der Waals surface area contributed by atoms with Crippen LogP contribution in [0.15, 0.2) is 5.16 Å². The van der Waals surface area contributed by atoms with Crippen LogP contribution in [0.3, 0.4) is 0 Å². The Morgan fingerprint density at radius 2 is 2.07 bits per heavy atom. The molecule has 0 unspecified atom stereocenters. The number of hydrogen-bond acceptors (Lipinski definition) is 5. The van der Waals surface area contributed by atoms with E-state index in [1.165, 1.54) is 0 Å². The lowest BCUT2D eigenvalue weighted by Crippen LogP contribution is -2.56. The Bertz CT molecular complexity index is 580. The molecule has 0 aromatic rings. The highest BCUT2D eigenvalue weighted by Crippen LogP contribution is 2.61. The Morgan fingerprint density at radius 3 is 2.79 bits per heavy atom. The van der Waals surface area contributed by atoms with Gasteiger partial charge >= 0.3 is 0 Å². The van der Waals surface area contributed by atoms with E-state index in [4.69, 9.17) is 10.6 Å². The number of rotatable bonds is 7. The van der Waals surface area contributed by atoms with Crippen molar-refractivity contribution in [2.45, 2.75) is 84.7 Å². The highest BCUT2D eigenvalue weighted by Gasteiger charge is 2.57. The van der Waals surface area contributed by atoms with Crippen molar-refractivity contribution in [3.8, 4) is 0 Å². The van der Waals surface area contributed by atoms with Crippen molar-refractivity contribution in [3.63, 3.8) is 0 Å². The summed E-state index contributed by atoms with van der Waals surface area (Å²) in [6.45, 7) is 7.69. The summed E-state index contributed by atoms with van der Waals surface area (Å²) >= 11 is 0. The van der Waals surface area contributed by atoms with Crippen LogP contribution in [0.5, 0.6) is 0 Å². The second-order valence-corrected chi connectivity index (χ2v) is 9.99. The van der Waals surface area contributed by atoms with E-state index in [0.717, 1.165) is 57.8 Å². The third-order valence-corrected chi connectivity index (χ3v) is 8.68. The fourth-order valence-electron chi connectivity index (χ4n) is 6.83. The van der Waals surface area contributed by atoms with Crippen molar-refractivity contribution < 1.29 is 14.7 Å². The first-order chi connectivity index (χ1) is 13.4. The SMILES string of the molecule is CC[C@@H](C/C=N/OCCN)[C@@]1(C)CC[C@H]2[C@@H](CC[C@@H]3C[C@@H](O)CC[C@@]32C)C1=O. The number of aliphatic hydroxyl groups is 1. The minimum absolute atomic E-state index is 0.135. The minimum Gasteiger partial charge on any atom is -0.395 e. The molecule has 0 aliphatic heterocycles. The van der Waals surface area contributed by atoms with Crippen LogP contribution in [0, 0.1) is 34.5 Å². The van der Waals surface area contributed by atoms with Gasteiger partial charge < -0.3 is 15.7 Å². The number of fused-ring (bicyclic) bond motifs is 3. The van der Waals surface area contributed by atoms with Crippen molar-refractivity contribution in [2.24, 2.45) is 45.4 Å². The zero-order chi connectivity index (χ0) is 20.4. The predicted octanol–water partition coefficient (Wildman–Crippen LogP) is 3.93. The van der Waals surface area contributed by atoms with Crippen LogP contribution >= 0.6 is 0 Å². The lowest BCUT2D eigenvalue weighted by molar-refractivity contribution is -0.157. The molecule has 0 aromatic heterocycles. The van der Waals surface area contributed by atoms with Crippen molar-refractivity contribution >= 4 is 12.0 Å². The number of nitrogens with zero attached hydrogens (tertiary/aromatic N) is 1. The topological polar surface area (TPSA) is 84.9 Å². The molecule has 0 spiro atoms. The molecule has 3 N–H and O–H groups in total. The van der Waals surface area contributed by atoms with Gasteiger partial charge in [-0.15, -0.1) is 0 Å². The molecule has 0 saturated heterocycles. The Kier molecular flexibility index (Phi) is 6.86. The van der Waals surface area contributed by atoms with E-state index in [2.05, 4.69) is 25.9 Å². The van der Waals surface area contributed by atoms with Gasteiger partial charge in [0, 0.05) is 24.1 Å². The lowest BCUT2D eigenvalue weighted by atomic mass is 9.46. The second-order valence-electron chi connectivity index (χ2n) is 9.99. The van der Waals surface area contributed by atoms with E-state index in [1.54, 1.807) is 0 Å².